The minimum Gasteiger partial charge on any atom is -0.263 e. The highest BCUT2D eigenvalue weighted by Crippen LogP contribution is 2.39. The van der Waals surface area contributed by atoms with E-state index in [4.69, 9.17) is 0 Å². The Balaban J connectivity index is 3.52. The Hall–Kier alpha value is -1.80. The van der Waals surface area contributed by atoms with Gasteiger partial charge in [0, 0.05) is 12.4 Å². The summed E-state index contributed by atoms with van der Waals surface area (Å²) in [5.41, 5.74) is -4.78. The predicted molar refractivity (Wildman–Crippen MR) is 40.9 cm³/mol. The molecule has 88 valence electrons. The zero-order valence-corrected chi connectivity index (χ0v) is 7.33. The van der Waals surface area contributed by atoms with Gasteiger partial charge in [0.15, 0.2) is 5.56 Å². The molecular weight excluding hydrogens is 239 g/mol. The highest BCUT2D eigenvalue weighted by Gasteiger charge is 2.41. The lowest BCUT2D eigenvalue weighted by Gasteiger charge is -2.09. The third kappa shape index (κ3) is 2.23. The Morgan fingerprint density at radius 2 is 1.88 bits per heavy atom. The van der Waals surface area contributed by atoms with Gasteiger partial charge in [0.2, 0.25) is 0 Å². The van der Waals surface area contributed by atoms with Gasteiger partial charge in [-0.05, 0) is 0 Å². The summed E-state index contributed by atoms with van der Waals surface area (Å²) in [6, 6.07) is 0. The van der Waals surface area contributed by atoms with Gasteiger partial charge in [0.25, 0.3) is 12.1 Å². The third-order valence-corrected chi connectivity index (χ3v) is 1.67. The van der Waals surface area contributed by atoms with E-state index < -0.39 is 34.3 Å². The van der Waals surface area contributed by atoms with Crippen LogP contribution in [0.5, 0.6) is 0 Å². The smallest absolute Gasteiger partial charge is 0.263 e. The maximum absolute atomic E-state index is 12.3. The molecule has 0 amide bonds. The molecule has 0 aliphatic rings. The van der Waals surface area contributed by atoms with Crippen molar-refractivity contribution in [3.8, 4) is 0 Å². The molecule has 0 unspecified atom stereocenters. The van der Waals surface area contributed by atoms with E-state index in [-0.39, 0.29) is 6.20 Å². The molecule has 0 atom stereocenters. The number of nitro groups is 1. The topological polar surface area (TPSA) is 56.0 Å². The van der Waals surface area contributed by atoms with Crippen molar-refractivity contribution < 1.29 is 26.9 Å². The number of pyridine rings is 1. The van der Waals surface area contributed by atoms with Gasteiger partial charge >= 0.3 is 6.18 Å². The number of rotatable bonds is 2. The average molecular weight is 242 g/mol. The third-order valence-electron chi connectivity index (χ3n) is 1.67. The fourth-order valence-electron chi connectivity index (χ4n) is 1.04. The van der Waals surface area contributed by atoms with E-state index in [1.807, 2.05) is 0 Å². The molecular formula is C7H3F5N2O2. The fourth-order valence-corrected chi connectivity index (χ4v) is 1.04. The van der Waals surface area contributed by atoms with Crippen LogP contribution in [-0.2, 0) is 6.18 Å². The molecule has 1 rings (SSSR count). The molecule has 16 heavy (non-hydrogen) atoms. The Morgan fingerprint density at radius 1 is 1.31 bits per heavy atom. The summed E-state index contributed by atoms with van der Waals surface area (Å²) in [5, 5.41) is 10.3. The van der Waals surface area contributed by atoms with Crippen molar-refractivity contribution in [2.75, 3.05) is 0 Å². The molecule has 0 aliphatic carbocycles. The first-order valence-corrected chi connectivity index (χ1v) is 3.72. The molecule has 0 radical (unpaired) electrons. The predicted octanol–water partition coefficient (Wildman–Crippen LogP) is 2.95. The molecule has 0 N–H and O–H groups in total. The molecule has 0 bridgehead atoms. The summed E-state index contributed by atoms with van der Waals surface area (Å²) >= 11 is 0. The zero-order chi connectivity index (χ0) is 12.5. The number of alkyl halides is 5. The SMILES string of the molecule is O=[N+]([O-])c1c(C(F)F)cncc1C(F)(F)F. The monoisotopic (exact) mass is 242 g/mol. The van der Waals surface area contributed by atoms with Crippen LogP contribution in [0, 0.1) is 10.1 Å². The molecule has 0 saturated heterocycles. The molecule has 0 fully saturated rings. The summed E-state index contributed by atoms with van der Waals surface area (Å²) in [6.07, 6.45) is -8.00. The number of nitrogens with zero attached hydrogens (tertiary/aromatic N) is 2. The number of aromatic nitrogens is 1. The fraction of sp³-hybridized carbons (Fsp3) is 0.286. The Bertz CT molecular complexity index is 418. The van der Waals surface area contributed by atoms with E-state index in [0.29, 0.717) is 6.20 Å². The van der Waals surface area contributed by atoms with Crippen molar-refractivity contribution in [1.82, 2.24) is 4.98 Å². The molecule has 0 saturated carbocycles. The van der Waals surface area contributed by atoms with Crippen LogP contribution in [0.4, 0.5) is 27.6 Å². The van der Waals surface area contributed by atoms with Crippen LogP contribution in [0.15, 0.2) is 12.4 Å². The molecule has 0 aliphatic heterocycles. The van der Waals surface area contributed by atoms with E-state index in [1.165, 1.54) is 0 Å². The Kier molecular flexibility index (Phi) is 3.06. The second-order valence-corrected chi connectivity index (χ2v) is 2.68. The maximum Gasteiger partial charge on any atom is 0.424 e. The molecule has 0 aromatic carbocycles. The standard InChI is InChI=1S/C7H3F5N2O2/c8-6(9)3-1-13-2-4(7(10,11)12)5(3)14(15)16/h1-2,6H. The van der Waals surface area contributed by atoms with Crippen LogP contribution < -0.4 is 0 Å². The van der Waals surface area contributed by atoms with Crippen LogP contribution in [0.3, 0.4) is 0 Å². The lowest BCUT2D eigenvalue weighted by atomic mass is 10.1. The van der Waals surface area contributed by atoms with Crippen molar-refractivity contribution in [3.05, 3.63) is 33.6 Å². The summed E-state index contributed by atoms with van der Waals surface area (Å²) in [6.45, 7) is 0. The van der Waals surface area contributed by atoms with Crippen LogP contribution in [0.1, 0.15) is 17.6 Å². The number of hydrogen-bond acceptors (Lipinski definition) is 3. The number of hydrogen-bond donors (Lipinski definition) is 0. The first-order valence-electron chi connectivity index (χ1n) is 3.72. The second-order valence-electron chi connectivity index (χ2n) is 2.68. The summed E-state index contributed by atoms with van der Waals surface area (Å²) in [7, 11) is 0. The Morgan fingerprint density at radius 3 is 2.25 bits per heavy atom. The Labute approximate surface area is 84.9 Å². The maximum atomic E-state index is 12.3. The second kappa shape index (κ2) is 3.99. The minimum absolute atomic E-state index is 0.143. The molecule has 9 heteroatoms. The minimum atomic E-state index is -5.10. The van der Waals surface area contributed by atoms with Crippen molar-refractivity contribution in [3.63, 3.8) is 0 Å². The van der Waals surface area contributed by atoms with Gasteiger partial charge in [-0.3, -0.25) is 15.1 Å². The molecule has 1 aromatic rings. The zero-order valence-electron chi connectivity index (χ0n) is 7.33. The van der Waals surface area contributed by atoms with Crippen molar-refractivity contribution in [1.29, 1.82) is 0 Å². The van der Waals surface area contributed by atoms with Gasteiger partial charge in [-0.1, -0.05) is 0 Å². The van der Waals surface area contributed by atoms with Gasteiger partial charge in [-0.2, -0.15) is 13.2 Å². The summed E-state index contributed by atoms with van der Waals surface area (Å²) < 4.78 is 61.3. The first-order chi connectivity index (χ1) is 7.25. The summed E-state index contributed by atoms with van der Waals surface area (Å²) in [5.74, 6) is 0. The molecule has 1 heterocycles. The number of halogens is 5. The van der Waals surface area contributed by atoms with E-state index in [9.17, 15) is 32.1 Å². The van der Waals surface area contributed by atoms with Gasteiger partial charge in [0.1, 0.15) is 5.56 Å². The van der Waals surface area contributed by atoms with E-state index in [2.05, 4.69) is 4.98 Å². The van der Waals surface area contributed by atoms with Gasteiger partial charge in [0.05, 0.1) is 4.92 Å². The first kappa shape index (κ1) is 12.3. The van der Waals surface area contributed by atoms with Crippen LogP contribution >= 0.6 is 0 Å². The van der Waals surface area contributed by atoms with Crippen LogP contribution in [0.25, 0.3) is 0 Å². The van der Waals surface area contributed by atoms with Crippen molar-refractivity contribution >= 4 is 5.69 Å². The highest BCUT2D eigenvalue weighted by molar-refractivity contribution is 5.47. The van der Waals surface area contributed by atoms with Gasteiger partial charge < -0.3 is 0 Å². The van der Waals surface area contributed by atoms with E-state index in [1.54, 1.807) is 0 Å². The normalized spacial score (nSPS) is 11.9. The molecule has 1 aromatic heterocycles. The molecule has 4 nitrogen and oxygen atoms in total. The van der Waals surface area contributed by atoms with Crippen molar-refractivity contribution in [2.24, 2.45) is 0 Å². The lowest BCUT2D eigenvalue weighted by molar-refractivity contribution is -0.389. The van der Waals surface area contributed by atoms with Gasteiger partial charge in [-0.25, -0.2) is 8.78 Å². The summed E-state index contributed by atoms with van der Waals surface area (Å²) in [4.78, 5) is 11.8. The van der Waals surface area contributed by atoms with Crippen LogP contribution in [-0.4, -0.2) is 9.91 Å². The highest BCUT2D eigenvalue weighted by atomic mass is 19.4. The van der Waals surface area contributed by atoms with Crippen molar-refractivity contribution in [2.45, 2.75) is 12.6 Å². The quantitative estimate of drug-likeness (QED) is 0.455. The molecule has 0 spiro atoms. The van der Waals surface area contributed by atoms with Gasteiger partial charge in [-0.15, -0.1) is 0 Å². The lowest BCUT2D eigenvalue weighted by Crippen LogP contribution is -2.11. The van der Waals surface area contributed by atoms with E-state index >= 15 is 0 Å². The van der Waals surface area contributed by atoms with E-state index in [0.717, 1.165) is 0 Å². The van der Waals surface area contributed by atoms with Crippen LogP contribution in [0.2, 0.25) is 0 Å². The average Bonchev–Trinajstić information content (AvgIpc) is 2.14. The largest absolute Gasteiger partial charge is 0.424 e.